The topological polar surface area (TPSA) is 71.9 Å². The Morgan fingerprint density at radius 1 is 1.23 bits per heavy atom. The molecule has 4 rings (SSSR count). The molecule has 3 aromatic rings. The summed E-state index contributed by atoms with van der Waals surface area (Å²) in [6, 6.07) is 15.4. The third-order valence-corrected chi connectivity index (χ3v) is 6.59. The van der Waals surface area contributed by atoms with Crippen LogP contribution in [-0.4, -0.2) is 34.3 Å². The van der Waals surface area contributed by atoms with Crippen LogP contribution in [0.25, 0.3) is 11.4 Å². The average Bonchev–Trinajstić information content (AvgIpc) is 3.41. The molecule has 6 nitrogen and oxygen atoms in total. The molecule has 0 bridgehead atoms. The summed E-state index contributed by atoms with van der Waals surface area (Å²) < 4.78 is 7.72. The van der Waals surface area contributed by atoms with E-state index < -0.39 is 0 Å². The molecule has 1 aliphatic rings. The van der Waals surface area contributed by atoms with Crippen LogP contribution in [0.1, 0.15) is 31.2 Å². The number of methoxy groups -OCH3 is 1. The number of hydrogen-bond donors (Lipinski definition) is 2. The third kappa shape index (κ3) is 4.52. The summed E-state index contributed by atoms with van der Waals surface area (Å²) >= 11 is 11.4. The fraction of sp³-hybridized carbons (Fsp3) is 0.348. The van der Waals surface area contributed by atoms with Gasteiger partial charge in [-0.3, -0.25) is 14.5 Å². The number of benzene rings is 2. The Kier molecular flexibility index (Phi) is 6.43. The SMILES string of the molecule is COc1ccccc1C1(CNC(=O)Cn2c(-c3ccc(Cl)cc3)n[nH]c2=S)CCCC1. The number of halogens is 1. The number of aromatic nitrogens is 3. The summed E-state index contributed by atoms with van der Waals surface area (Å²) in [5, 5.41) is 10.9. The van der Waals surface area contributed by atoms with E-state index in [1.165, 1.54) is 0 Å². The van der Waals surface area contributed by atoms with Crippen molar-refractivity contribution in [2.24, 2.45) is 0 Å². The van der Waals surface area contributed by atoms with E-state index in [-0.39, 0.29) is 17.9 Å². The van der Waals surface area contributed by atoms with Crippen molar-refractivity contribution in [1.82, 2.24) is 20.1 Å². The van der Waals surface area contributed by atoms with Gasteiger partial charge in [0, 0.05) is 28.1 Å². The molecule has 0 atom stereocenters. The Morgan fingerprint density at radius 2 is 1.94 bits per heavy atom. The summed E-state index contributed by atoms with van der Waals surface area (Å²) in [7, 11) is 1.69. The van der Waals surface area contributed by atoms with Crippen LogP contribution in [0.2, 0.25) is 5.02 Å². The number of rotatable bonds is 7. The van der Waals surface area contributed by atoms with E-state index >= 15 is 0 Å². The second-order valence-corrected chi connectivity index (χ2v) is 8.73. The zero-order valence-electron chi connectivity index (χ0n) is 17.4. The van der Waals surface area contributed by atoms with Gasteiger partial charge in [0.05, 0.1) is 7.11 Å². The summed E-state index contributed by atoms with van der Waals surface area (Å²) in [4.78, 5) is 12.9. The van der Waals surface area contributed by atoms with Crippen LogP contribution < -0.4 is 10.1 Å². The number of aromatic amines is 1. The van der Waals surface area contributed by atoms with Crippen molar-refractivity contribution < 1.29 is 9.53 Å². The van der Waals surface area contributed by atoms with Gasteiger partial charge in [0.2, 0.25) is 5.91 Å². The molecule has 1 aromatic heterocycles. The molecule has 1 saturated carbocycles. The first kappa shape index (κ1) is 21.6. The number of nitrogens with zero attached hydrogens (tertiary/aromatic N) is 2. The van der Waals surface area contributed by atoms with Gasteiger partial charge in [-0.15, -0.1) is 0 Å². The van der Waals surface area contributed by atoms with Crippen LogP contribution in [0.4, 0.5) is 0 Å². The molecule has 1 aliphatic carbocycles. The lowest BCUT2D eigenvalue weighted by Gasteiger charge is -2.31. The minimum atomic E-state index is -0.112. The van der Waals surface area contributed by atoms with Gasteiger partial charge < -0.3 is 10.1 Å². The van der Waals surface area contributed by atoms with E-state index in [9.17, 15) is 4.79 Å². The van der Waals surface area contributed by atoms with Crippen LogP contribution in [0, 0.1) is 4.77 Å². The molecule has 1 fully saturated rings. The quantitative estimate of drug-likeness (QED) is 0.496. The van der Waals surface area contributed by atoms with E-state index in [0.29, 0.717) is 22.2 Å². The smallest absolute Gasteiger partial charge is 0.240 e. The van der Waals surface area contributed by atoms with Crippen molar-refractivity contribution in [3.05, 3.63) is 63.9 Å². The van der Waals surface area contributed by atoms with E-state index in [1.54, 1.807) is 23.8 Å². The highest BCUT2D eigenvalue weighted by molar-refractivity contribution is 7.71. The molecule has 0 spiro atoms. The zero-order chi connectivity index (χ0) is 21.8. The lowest BCUT2D eigenvalue weighted by atomic mass is 9.78. The first-order valence-corrected chi connectivity index (χ1v) is 11.1. The maximum absolute atomic E-state index is 12.9. The highest BCUT2D eigenvalue weighted by Gasteiger charge is 2.38. The number of nitrogens with one attached hydrogen (secondary N) is 2. The lowest BCUT2D eigenvalue weighted by Crippen LogP contribution is -2.40. The van der Waals surface area contributed by atoms with Gasteiger partial charge in [0.1, 0.15) is 12.3 Å². The highest BCUT2D eigenvalue weighted by Crippen LogP contribution is 2.44. The van der Waals surface area contributed by atoms with Crippen LogP contribution in [-0.2, 0) is 16.8 Å². The van der Waals surface area contributed by atoms with Crippen molar-refractivity contribution in [2.45, 2.75) is 37.6 Å². The number of H-pyrrole nitrogens is 1. The molecule has 8 heteroatoms. The molecule has 1 amide bonds. The Bertz CT molecular complexity index is 1120. The second kappa shape index (κ2) is 9.24. The summed E-state index contributed by atoms with van der Waals surface area (Å²) in [5.41, 5.74) is 1.89. The first-order chi connectivity index (χ1) is 15.0. The van der Waals surface area contributed by atoms with E-state index in [4.69, 9.17) is 28.6 Å². The van der Waals surface area contributed by atoms with Crippen molar-refractivity contribution in [3.8, 4) is 17.1 Å². The van der Waals surface area contributed by atoms with E-state index in [2.05, 4.69) is 21.6 Å². The summed E-state index contributed by atoms with van der Waals surface area (Å²) in [5.74, 6) is 1.38. The number of amides is 1. The summed E-state index contributed by atoms with van der Waals surface area (Å²) in [6.07, 6.45) is 4.33. The monoisotopic (exact) mass is 456 g/mol. The standard InChI is InChI=1S/C23H25ClN4O2S/c1-30-19-7-3-2-6-18(19)23(12-4-5-13-23)15-25-20(29)14-28-21(26-27-22(28)31)16-8-10-17(24)11-9-16/h2-3,6-11H,4-5,12-15H2,1H3,(H,25,29)(H,27,31). The highest BCUT2D eigenvalue weighted by atomic mass is 35.5. The average molecular weight is 457 g/mol. The van der Waals surface area contributed by atoms with Crippen LogP contribution in [0.15, 0.2) is 48.5 Å². The Balaban J connectivity index is 1.51. The molecular weight excluding hydrogens is 432 g/mol. The van der Waals surface area contributed by atoms with Crippen LogP contribution >= 0.6 is 23.8 Å². The van der Waals surface area contributed by atoms with Gasteiger partial charge in [-0.25, -0.2) is 0 Å². The number of para-hydroxylation sites is 1. The Morgan fingerprint density at radius 3 is 2.65 bits per heavy atom. The van der Waals surface area contributed by atoms with Crippen LogP contribution in [0.5, 0.6) is 5.75 Å². The largest absolute Gasteiger partial charge is 0.496 e. The molecule has 0 saturated heterocycles. The fourth-order valence-electron chi connectivity index (χ4n) is 4.43. The normalized spacial score (nSPS) is 15.0. The van der Waals surface area contributed by atoms with Gasteiger partial charge in [0.15, 0.2) is 10.6 Å². The van der Waals surface area contributed by atoms with Crippen molar-refractivity contribution in [3.63, 3.8) is 0 Å². The predicted molar refractivity (Wildman–Crippen MR) is 124 cm³/mol. The second-order valence-electron chi connectivity index (χ2n) is 7.91. The van der Waals surface area contributed by atoms with Crippen molar-refractivity contribution >= 4 is 29.7 Å². The Labute approximate surface area is 191 Å². The predicted octanol–water partition coefficient (Wildman–Crippen LogP) is 4.90. The van der Waals surface area contributed by atoms with Crippen LogP contribution in [0.3, 0.4) is 0 Å². The lowest BCUT2D eigenvalue weighted by molar-refractivity contribution is -0.121. The molecule has 162 valence electrons. The Hall–Kier alpha value is -2.64. The first-order valence-electron chi connectivity index (χ1n) is 10.3. The van der Waals surface area contributed by atoms with E-state index in [1.807, 2.05) is 30.3 Å². The number of carbonyl (C=O) groups excluding carboxylic acids is 1. The molecule has 2 aromatic carbocycles. The van der Waals surface area contributed by atoms with Crippen molar-refractivity contribution in [2.75, 3.05) is 13.7 Å². The number of ether oxygens (including phenoxy) is 1. The molecule has 0 radical (unpaired) electrons. The molecule has 1 heterocycles. The van der Waals surface area contributed by atoms with E-state index in [0.717, 1.165) is 42.6 Å². The molecule has 0 unspecified atom stereocenters. The fourth-order valence-corrected chi connectivity index (χ4v) is 4.75. The maximum Gasteiger partial charge on any atom is 0.240 e. The van der Waals surface area contributed by atoms with Gasteiger partial charge >= 0.3 is 0 Å². The molecule has 0 aliphatic heterocycles. The number of hydrogen-bond acceptors (Lipinski definition) is 4. The zero-order valence-corrected chi connectivity index (χ0v) is 18.9. The van der Waals surface area contributed by atoms with Gasteiger partial charge in [-0.1, -0.05) is 42.6 Å². The van der Waals surface area contributed by atoms with Gasteiger partial charge in [0.25, 0.3) is 0 Å². The third-order valence-electron chi connectivity index (χ3n) is 6.03. The minimum absolute atomic E-state index is 0.0926. The molecule has 2 N–H and O–H groups in total. The van der Waals surface area contributed by atoms with Gasteiger partial charge in [-0.2, -0.15) is 5.10 Å². The minimum Gasteiger partial charge on any atom is -0.496 e. The summed E-state index contributed by atoms with van der Waals surface area (Å²) in [6.45, 7) is 0.656. The number of carbonyl (C=O) groups is 1. The molecular formula is C23H25ClN4O2S. The molecule has 31 heavy (non-hydrogen) atoms. The maximum atomic E-state index is 12.9. The van der Waals surface area contributed by atoms with Gasteiger partial charge in [-0.05, 0) is 55.4 Å². The van der Waals surface area contributed by atoms with Crippen molar-refractivity contribution in [1.29, 1.82) is 0 Å².